The van der Waals surface area contributed by atoms with Gasteiger partial charge in [0.2, 0.25) is 0 Å². The zero-order chi connectivity index (χ0) is 16.4. The Morgan fingerprint density at radius 3 is 2.96 bits per heavy atom. The fraction of sp³-hybridized carbons (Fsp3) is 0.375. The fourth-order valence-electron chi connectivity index (χ4n) is 2.58. The minimum Gasteiger partial charge on any atom is -0.463 e. The Morgan fingerprint density at radius 1 is 1.35 bits per heavy atom. The number of aromatic nitrogens is 1. The predicted molar refractivity (Wildman–Crippen MR) is 80.3 cm³/mol. The summed E-state index contributed by atoms with van der Waals surface area (Å²) in [5, 5.41) is 0. The van der Waals surface area contributed by atoms with Gasteiger partial charge >= 0.3 is 11.8 Å². The van der Waals surface area contributed by atoms with Gasteiger partial charge in [-0.2, -0.15) is 0 Å². The average Bonchev–Trinajstić information content (AvgIpc) is 3.22. The van der Waals surface area contributed by atoms with Crippen LogP contribution in [0.15, 0.2) is 36.4 Å². The van der Waals surface area contributed by atoms with Crippen LogP contribution in [0.5, 0.6) is 0 Å². The number of nitrogens with one attached hydrogen (secondary N) is 1. The maximum absolute atomic E-state index is 12.2. The summed E-state index contributed by atoms with van der Waals surface area (Å²) in [5.74, 6) is -0.512. The first kappa shape index (κ1) is 15.2. The van der Waals surface area contributed by atoms with Crippen molar-refractivity contribution in [2.75, 3.05) is 0 Å². The van der Waals surface area contributed by atoms with Crippen LogP contribution in [0.1, 0.15) is 54.8 Å². The lowest BCUT2D eigenvalue weighted by molar-refractivity contribution is 0.0187. The number of ether oxygens (including phenoxy) is 1. The highest BCUT2D eigenvalue weighted by atomic mass is 16.6. The van der Waals surface area contributed by atoms with E-state index in [0.717, 1.165) is 11.9 Å². The second kappa shape index (κ2) is 6.20. The highest BCUT2D eigenvalue weighted by molar-refractivity contribution is 5.93. The zero-order valence-corrected chi connectivity index (χ0v) is 12.9. The molecule has 3 heterocycles. The summed E-state index contributed by atoms with van der Waals surface area (Å²) in [4.78, 5) is 26.2. The molecule has 0 spiro atoms. The van der Waals surface area contributed by atoms with E-state index in [2.05, 4.69) is 4.98 Å². The molecule has 3 aromatic heterocycles. The van der Waals surface area contributed by atoms with Crippen LogP contribution in [0.2, 0.25) is 0 Å². The first-order valence-electron chi connectivity index (χ1n) is 7.60. The van der Waals surface area contributed by atoms with E-state index >= 15 is 0 Å². The van der Waals surface area contributed by atoms with Gasteiger partial charge < -0.3 is 23.0 Å². The summed E-state index contributed by atoms with van der Waals surface area (Å²) in [6.07, 6.45) is 2.91. The molecule has 0 amide bonds. The van der Waals surface area contributed by atoms with Crippen LogP contribution >= 0.6 is 0 Å². The van der Waals surface area contributed by atoms with Gasteiger partial charge in [-0.3, -0.25) is 0 Å². The molecule has 1 N–H and O–H groups in total. The molecule has 0 saturated heterocycles. The highest BCUT2D eigenvalue weighted by Crippen LogP contribution is 2.32. The number of aryl methyl sites for hydroxylation is 1. The molecule has 1 atom stereocenters. The maximum atomic E-state index is 12.2. The molecular formula is C16H17NO6. The summed E-state index contributed by atoms with van der Waals surface area (Å²) < 4.78 is 20.5. The van der Waals surface area contributed by atoms with E-state index in [1.165, 1.54) is 6.26 Å². The van der Waals surface area contributed by atoms with Gasteiger partial charge in [-0.05, 0) is 12.8 Å². The van der Waals surface area contributed by atoms with Gasteiger partial charge in [0.25, 0.3) is 0 Å². The third-order valence-corrected chi connectivity index (χ3v) is 3.55. The summed E-state index contributed by atoms with van der Waals surface area (Å²) in [6, 6.07) is 3.30. The Balaban J connectivity index is 0.000000753. The van der Waals surface area contributed by atoms with Crippen LogP contribution in [-0.2, 0) is 11.2 Å². The van der Waals surface area contributed by atoms with Gasteiger partial charge in [-0.1, -0.05) is 13.8 Å². The van der Waals surface area contributed by atoms with Crippen molar-refractivity contribution in [3.05, 3.63) is 46.2 Å². The number of esters is 1. The number of carbonyl (C=O) groups excluding carboxylic acids is 1. The summed E-state index contributed by atoms with van der Waals surface area (Å²) in [6.45, 7) is 4.00. The van der Waals surface area contributed by atoms with E-state index in [1.807, 2.05) is 13.8 Å². The second-order valence-electron chi connectivity index (χ2n) is 4.91. The zero-order valence-electron chi connectivity index (χ0n) is 12.9. The summed E-state index contributed by atoms with van der Waals surface area (Å²) in [5.41, 5.74) is 1.60. The SMILES string of the molecule is CC.O=C(OC1CCCc2oc(=O)oc21)c1cc2occc2[nH]1. The predicted octanol–water partition coefficient (Wildman–Crippen LogP) is 3.57. The van der Waals surface area contributed by atoms with E-state index in [1.54, 1.807) is 12.1 Å². The van der Waals surface area contributed by atoms with Crippen molar-refractivity contribution >= 4 is 17.1 Å². The molecule has 0 saturated carbocycles. The Morgan fingerprint density at radius 2 is 2.17 bits per heavy atom. The smallest absolute Gasteiger partial charge is 0.463 e. The molecule has 0 bridgehead atoms. The van der Waals surface area contributed by atoms with Crippen molar-refractivity contribution in [1.82, 2.24) is 4.98 Å². The lowest BCUT2D eigenvalue weighted by Gasteiger charge is -2.18. The van der Waals surface area contributed by atoms with Gasteiger partial charge in [0.05, 0.1) is 11.8 Å². The number of H-pyrrole nitrogens is 1. The molecule has 3 aromatic rings. The number of hydrogen-bond acceptors (Lipinski definition) is 6. The largest absolute Gasteiger partial charge is 0.519 e. The molecule has 7 nitrogen and oxygen atoms in total. The Bertz CT molecular complexity index is 836. The Kier molecular flexibility index (Phi) is 4.10. The maximum Gasteiger partial charge on any atom is 0.519 e. The molecule has 122 valence electrons. The normalized spacial score (nSPS) is 16.5. The average molecular weight is 319 g/mol. The molecule has 0 radical (unpaired) electrons. The first-order chi connectivity index (χ1) is 11.2. The van der Waals surface area contributed by atoms with Gasteiger partial charge in [0.15, 0.2) is 23.2 Å². The topological polar surface area (TPSA) is 98.6 Å². The van der Waals surface area contributed by atoms with Gasteiger partial charge in [-0.25, -0.2) is 9.59 Å². The van der Waals surface area contributed by atoms with Crippen molar-refractivity contribution in [3.8, 4) is 0 Å². The van der Waals surface area contributed by atoms with E-state index < -0.39 is 17.9 Å². The van der Waals surface area contributed by atoms with Gasteiger partial charge in [-0.15, -0.1) is 0 Å². The van der Waals surface area contributed by atoms with Crippen LogP contribution in [-0.4, -0.2) is 11.0 Å². The van der Waals surface area contributed by atoms with Crippen LogP contribution in [0.3, 0.4) is 0 Å². The number of rotatable bonds is 2. The van der Waals surface area contributed by atoms with E-state index in [4.69, 9.17) is 18.0 Å². The van der Waals surface area contributed by atoms with Crippen LogP contribution in [0.4, 0.5) is 0 Å². The highest BCUT2D eigenvalue weighted by Gasteiger charge is 2.30. The minimum absolute atomic E-state index is 0.294. The van der Waals surface area contributed by atoms with Crippen molar-refractivity contribution in [1.29, 1.82) is 0 Å². The molecular weight excluding hydrogens is 302 g/mol. The number of carbonyl (C=O) groups is 1. The van der Waals surface area contributed by atoms with E-state index in [0.29, 0.717) is 35.6 Å². The number of aromatic amines is 1. The lowest BCUT2D eigenvalue weighted by Crippen LogP contribution is -2.16. The summed E-state index contributed by atoms with van der Waals surface area (Å²) in [7, 11) is 0. The third kappa shape index (κ3) is 2.81. The molecule has 1 aliphatic carbocycles. The van der Waals surface area contributed by atoms with Crippen LogP contribution in [0.25, 0.3) is 11.1 Å². The van der Waals surface area contributed by atoms with E-state index in [9.17, 15) is 9.59 Å². The molecule has 1 aliphatic rings. The second-order valence-corrected chi connectivity index (χ2v) is 4.91. The number of hydrogen-bond donors (Lipinski definition) is 1. The quantitative estimate of drug-likeness (QED) is 0.725. The van der Waals surface area contributed by atoms with Crippen molar-refractivity contribution in [3.63, 3.8) is 0 Å². The Labute approximate surface area is 131 Å². The molecule has 0 fully saturated rings. The fourth-order valence-corrected chi connectivity index (χ4v) is 2.58. The third-order valence-electron chi connectivity index (χ3n) is 3.55. The summed E-state index contributed by atoms with van der Waals surface area (Å²) >= 11 is 0. The molecule has 0 aromatic carbocycles. The monoisotopic (exact) mass is 319 g/mol. The lowest BCUT2D eigenvalue weighted by atomic mass is 10.00. The molecule has 1 unspecified atom stereocenters. The van der Waals surface area contributed by atoms with Crippen LogP contribution < -0.4 is 5.82 Å². The van der Waals surface area contributed by atoms with Crippen LogP contribution in [0, 0.1) is 0 Å². The van der Waals surface area contributed by atoms with Crippen molar-refractivity contribution < 1.29 is 22.8 Å². The molecule has 23 heavy (non-hydrogen) atoms. The van der Waals surface area contributed by atoms with Gasteiger partial charge in [0, 0.05) is 18.6 Å². The standard InChI is InChI=1S/C14H11NO6.C2H6/c16-13(8-6-11-7(15-8)4-5-18-11)19-9-2-1-3-10-12(9)21-14(17)20-10;1-2/h4-6,9,15H,1-3H2;1-2H3. The minimum atomic E-state index is -0.764. The number of fused-ring (bicyclic) bond motifs is 2. The van der Waals surface area contributed by atoms with Gasteiger partial charge in [0.1, 0.15) is 5.69 Å². The molecule has 4 rings (SSSR count). The van der Waals surface area contributed by atoms with Crippen molar-refractivity contribution in [2.24, 2.45) is 0 Å². The molecule has 0 aliphatic heterocycles. The first-order valence-corrected chi connectivity index (χ1v) is 7.60. The Hall–Kier alpha value is -2.70. The molecule has 7 heteroatoms. The van der Waals surface area contributed by atoms with E-state index in [-0.39, 0.29) is 0 Å². The van der Waals surface area contributed by atoms with Crippen molar-refractivity contribution in [2.45, 2.75) is 39.2 Å². The number of furan rings is 1.